The van der Waals surface area contributed by atoms with Crippen LogP contribution in [-0.2, 0) is 0 Å². The highest BCUT2D eigenvalue weighted by molar-refractivity contribution is 9.10. The third kappa shape index (κ3) is 2.78. The Bertz CT molecular complexity index is 288. The smallest absolute Gasteiger partial charge is 0.137 e. The molecule has 0 saturated carbocycles. The van der Waals surface area contributed by atoms with Gasteiger partial charge in [0.1, 0.15) is 5.82 Å². The fourth-order valence-corrected chi connectivity index (χ4v) is 1.56. The quantitative estimate of drug-likeness (QED) is 0.867. The number of rotatable bonds is 3. The summed E-state index contributed by atoms with van der Waals surface area (Å²) in [7, 11) is 0. The van der Waals surface area contributed by atoms with Crippen LogP contribution in [-0.4, -0.2) is 5.11 Å². The van der Waals surface area contributed by atoms with Gasteiger partial charge in [0.25, 0.3) is 0 Å². The molecular weight excluding hydrogens is 235 g/mol. The van der Waals surface area contributed by atoms with Gasteiger partial charge in [0.15, 0.2) is 0 Å². The zero-order valence-electron chi connectivity index (χ0n) is 7.43. The van der Waals surface area contributed by atoms with Crippen molar-refractivity contribution in [3.63, 3.8) is 0 Å². The summed E-state index contributed by atoms with van der Waals surface area (Å²) in [5.74, 6) is -0.299. The van der Waals surface area contributed by atoms with E-state index in [-0.39, 0.29) is 5.82 Å². The van der Waals surface area contributed by atoms with Gasteiger partial charge in [-0.3, -0.25) is 0 Å². The SMILES string of the molecule is CCC[C@@H](O)c1ccc(F)c(Br)c1. The Kier molecular flexibility index (Phi) is 3.88. The van der Waals surface area contributed by atoms with Crippen LogP contribution >= 0.6 is 15.9 Å². The Balaban J connectivity index is 2.84. The van der Waals surface area contributed by atoms with E-state index in [4.69, 9.17) is 0 Å². The molecule has 0 amide bonds. The lowest BCUT2D eigenvalue weighted by Gasteiger charge is -2.09. The number of halogens is 2. The van der Waals surface area contributed by atoms with Gasteiger partial charge in [-0.15, -0.1) is 0 Å². The lowest BCUT2D eigenvalue weighted by Crippen LogP contribution is -1.96. The summed E-state index contributed by atoms with van der Waals surface area (Å²) in [4.78, 5) is 0. The first-order valence-electron chi connectivity index (χ1n) is 4.28. The van der Waals surface area contributed by atoms with Crippen LogP contribution in [0, 0.1) is 5.82 Å². The maximum atomic E-state index is 12.8. The zero-order chi connectivity index (χ0) is 9.84. The second-order valence-electron chi connectivity index (χ2n) is 2.98. The van der Waals surface area contributed by atoms with Crippen LogP contribution < -0.4 is 0 Å². The molecule has 0 heterocycles. The first-order chi connectivity index (χ1) is 6.15. The number of benzene rings is 1. The van der Waals surface area contributed by atoms with E-state index in [1.807, 2.05) is 6.92 Å². The molecule has 0 saturated heterocycles. The summed E-state index contributed by atoms with van der Waals surface area (Å²) in [5, 5.41) is 9.59. The summed E-state index contributed by atoms with van der Waals surface area (Å²) in [6.07, 6.45) is 1.13. The molecule has 1 rings (SSSR count). The van der Waals surface area contributed by atoms with Gasteiger partial charge in [0.05, 0.1) is 10.6 Å². The molecule has 1 atom stereocenters. The fraction of sp³-hybridized carbons (Fsp3) is 0.400. The molecule has 13 heavy (non-hydrogen) atoms. The fourth-order valence-electron chi connectivity index (χ4n) is 1.16. The van der Waals surface area contributed by atoms with E-state index in [9.17, 15) is 9.50 Å². The average Bonchev–Trinajstić information content (AvgIpc) is 2.10. The van der Waals surface area contributed by atoms with Crippen molar-refractivity contribution in [1.82, 2.24) is 0 Å². The first kappa shape index (κ1) is 10.7. The lowest BCUT2D eigenvalue weighted by molar-refractivity contribution is 0.166. The minimum atomic E-state index is -0.484. The Hall–Kier alpha value is -0.410. The molecule has 1 nitrogen and oxygen atoms in total. The molecule has 0 aliphatic rings. The van der Waals surface area contributed by atoms with E-state index >= 15 is 0 Å². The van der Waals surface area contributed by atoms with Crippen molar-refractivity contribution in [3.05, 3.63) is 34.1 Å². The number of aliphatic hydroxyl groups excluding tert-OH is 1. The zero-order valence-corrected chi connectivity index (χ0v) is 9.01. The van der Waals surface area contributed by atoms with Gasteiger partial charge in [-0.2, -0.15) is 0 Å². The Morgan fingerprint density at radius 3 is 2.77 bits per heavy atom. The third-order valence-electron chi connectivity index (χ3n) is 1.89. The van der Waals surface area contributed by atoms with E-state index in [0.29, 0.717) is 10.9 Å². The van der Waals surface area contributed by atoms with Crippen molar-refractivity contribution >= 4 is 15.9 Å². The van der Waals surface area contributed by atoms with Crippen LogP contribution in [0.15, 0.2) is 22.7 Å². The van der Waals surface area contributed by atoms with E-state index in [0.717, 1.165) is 12.0 Å². The number of aliphatic hydroxyl groups is 1. The normalized spacial score (nSPS) is 12.9. The van der Waals surface area contributed by atoms with Gasteiger partial charge in [-0.25, -0.2) is 4.39 Å². The Labute approximate surface area is 85.7 Å². The molecule has 0 aromatic heterocycles. The van der Waals surface area contributed by atoms with Crippen LogP contribution in [0.4, 0.5) is 4.39 Å². The third-order valence-corrected chi connectivity index (χ3v) is 2.50. The summed E-state index contributed by atoms with van der Waals surface area (Å²) >= 11 is 3.08. The summed E-state index contributed by atoms with van der Waals surface area (Å²) in [6, 6.07) is 4.59. The van der Waals surface area contributed by atoms with Crippen molar-refractivity contribution in [2.75, 3.05) is 0 Å². The lowest BCUT2D eigenvalue weighted by atomic mass is 10.1. The molecule has 0 fully saturated rings. The number of hydrogen-bond acceptors (Lipinski definition) is 1. The van der Waals surface area contributed by atoms with E-state index in [1.54, 1.807) is 12.1 Å². The molecule has 0 radical (unpaired) electrons. The van der Waals surface area contributed by atoms with Gasteiger partial charge < -0.3 is 5.11 Å². The molecule has 0 aliphatic carbocycles. The second kappa shape index (κ2) is 4.72. The summed E-state index contributed by atoms with van der Waals surface area (Å²) in [6.45, 7) is 2.00. The molecule has 1 aromatic rings. The van der Waals surface area contributed by atoms with E-state index in [1.165, 1.54) is 6.07 Å². The minimum Gasteiger partial charge on any atom is -0.388 e. The van der Waals surface area contributed by atoms with Gasteiger partial charge >= 0.3 is 0 Å². The van der Waals surface area contributed by atoms with Crippen LogP contribution in [0.1, 0.15) is 31.4 Å². The van der Waals surface area contributed by atoms with Gasteiger partial charge in [0, 0.05) is 0 Å². The van der Waals surface area contributed by atoms with E-state index < -0.39 is 6.10 Å². The predicted octanol–water partition coefficient (Wildman–Crippen LogP) is 3.42. The largest absolute Gasteiger partial charge is 0.388 e. The highest BCUT2D eigenvalue weighted by atomic mass is 79.9. The Morgan fingerprint density at radius 1 is 1.54 bits per heavy atom. The molecule has 0 bridgehead atoms. The van der Waals surface area contributed by atoms with Gasteiger partial charge in [0.2, 0.25) is 0 Å². The van der Waals surface area contributed by atoms with Crippen LogP contribution in [0.3, 0.4) is 0 Å². The molecule has 1 aromatic carbocycles. The molecular formula is C10H12BrFO. The van der Waals surface area contributed by atoms with Crippen molar-refractivity contribution < 1.29 is 9.50 Å². The average molecular weight is 247 g/mol. The van der Waals surface area contributed by atoms with Crippen molar-refractivity contribution in [3.8, 4) is 0 Å². The molecule has 0 unspecified atom stereocenters. The van der Waals surface area contributed by atoms with Gasteiger partial charge in [-0.05, 0) is 40.0 Å². The maximum Gasteiger partial charge on any atom is 0.137 e. The van der Waals surface area contributed by atoms with Crippen LogP contribution in [0.25, 0.3) is 0 Å². The predicted molar refractivity (Wildman–Crippen MR) is 54.0 cm³/mol. The molecule has 0 spiro atoms. The Morgan fingerprint density at radius 2 is 2.23 bits per heavy atom. The summed E-state index contributed by atoms with van der Waals surface area (Å²) in [5.41, 5.74) is 0.759. The van der Waals surface area contributed by atoms with E-state index in [2.05, 4.69) is 15.9 Å². The minimum absolute atomic E-state index is 0.299. The summed E-state index contributed by atoms with van der Waals surface area (Å²) < 4.78 is 13.2. The van der Waals surface area contributed by atoms with Crippen molar-refractivity contribution in [2.24, 2.45) is 0 Å². The topological polar surface area (TPSA) is 20.2 Å². The van der Waals surface area contributed by atoms with Crippen molar-refractivity contribution in [2.45, 2.75) is 25.9 Å². The maximum absolute atomic E-state index is 12.8. The first-order valence-corrected chi connectivity index (χ1v) is 5.07. The van der Waals surface area contributed by atoms with Gasteiger partial charge in [-0.1, -0.05) is 19.4 Å². The number of hydrogen-bond donors (Lipinski definition) is 1. The standard InChI is InChI=1S/C10H12BrFO/c1-2-3-10(13)7-4-5-9(12)8(11)6-7/h4-6,10,13H,2-3H2,1H3/t10-/m1/s1. The highest BCUT2D eigenvalue weighted by Gasteiger charge is 2.08. The van der Waals surface area contributed by atoms with Crippen molar-refractivity contribution in [1.29, 1.82) is 0 Å². The molecule has 72 valence electrons. The van der Waals surface area contributed by atoms with Crippen LogP contribution in [0.5, 0.6) is 0 Å². The molecule has 0 aliphatic heterocycles. The highest BCUT2D eigenvalue weighted by Crippen LogP contribution is 2.23. The second-order valence-corrected chi connectivity index (χ2v) is 3.83. The molecule has 1 N–H and O–H groups in total. The monoisotopic (exact) mass is 246 g/mol. The molecule has 3 heteroatoms. The van der Waals surface area contributed by atoms with Crippen LogP contribution in [0.2, 0.25) is 0 Å².